The van der Waals surface area contributed by atoms with Crippen LogP contribution >= 0.6 is 34.8 Å². The van der Waals surface area contributed by atoms with Crippen molar-refractivity contribution in [3.8, 4) is 11.3 Å². The summed E-state index contributed by atoms with van der Waals surface area (Å²) >= 11 is 17.9. The number of carbonyl (C=O) groups is 1. The molecule has 0 spiro atoms. The van der Waals surface area contributed by atoms with Gasteiger partial charge in [-0.2, -0.15) is 5.10 Å². The van der Waals surface area contributed by atoms with E-state index >= 15 is 0 Å². The minimum absolute atomic E-state index is 0.353. The lowest BCUT2D eigenvalue weighted by Gasteiger charge is -2.30. The molecule has 2 aromatic rings. The number of hydrogen-bond acceptors (Lipinski definition) is 2. The van der Waals surface area contributed by atoms with Gasteiger partial charge in [-0.1, -0.05) is 35.3 Å². The molecule has 122 valence electrons. The zero-order valence-electron chi connectivity index (χ0n) is 12.6. The zero-order valence-corrected chi connectivity index (χ0v) is 14.9. The highest BCUT2D eigenvalue weighted by atomic mass is 35.5. The molecule has 0 atom stereocenters. The van der Waals surface area contributed by atoms with Crippen LogP contribution in [0.1, 0.15) is 24.5 Å². The molecule has 1 amide bonds. The van der Waals surface area contributed by atoms with Gasteiger partial charge in [0.15, 0.2) is 0 Å². The Bertz CT molecular complexity index is 736. The molecule has 1 aliphatic rings. The average Bonchev–Trinajstić information content (AvgIpc) is 2.92. The Morgan fingerprint density at radius 2 is 1.96 bits per heavy atom. The molecule has 0 radical (unpaired) electrons. The van der Waals surface area contributed by atoms with Crippen LogP contribution in [0.2, 0.25) is 10.0 Å². The number of piperidine rings is 1. The number of nitrogens with zero attached hydrogens (tertiary/aromatic N) is 3. The van der Waals surface area contributed by atoms with Crippen LogP contribution in [0.5, 0.6) is 0 Å². The predicted molar refractivity (Wildman–Crippen MR) is 93.5 cm³/mol. The summed E-state index contributed by atoms with van der Waals surface area (Å²) in [5, 5.41) is 5.24. The molecule has 0 bridgehead atoms. The number of aromatic nitrogens is 2. The Hall–Kier alpha value is -1.23. The van der Waals surface area contributed by atoms with Crippen molar-refractivity contribution >= 4 is 40.2 Å². The van der Waals surface area contributed by atoms with Gasteiger partial charge in [0.1, 0.15) is 0 Å². The third kappa shape index (κ3) is 3.35. The summed E-state index contributed by atoms with van der Waals surface area (Å²) in [6, 6.07) is 7.59. The van der Waals surface area contributed by atoms with Gasteiger partial charge in [-0.25, -0.2) is 0 Å². The summed E-state index contributed by atoms with van der Waals surface area (Å²) in [6.07, 6.45) is 1.75. The van der Waals surface area contributed by atoms with E-state index < -0.39 is 0 Å². The topological polar surface area (TPSA) is 38.1 Å². The molecule has 2 heterocycles. The number of hydrogen-bond donors (Lipinski definition) is 0. The van der Waals surface area contributed by atoms with Crippen LogP contribution < -0.4 is 0 Å². The van der Waals surface area contributed by atoms with E-state index in [9.17, 15) is 4.79 Å². The minimum Gasteiger partial charge on any atom is -0.329 e. The number of carbonyl (C=O) groups excluding carboxylic acids is 1. The molecular formula is C16H16Cl3N3O. The highest BCUT2D eigenvalue weighted by Gasteiger charge is 2.25. The lowest BCUT2D eigenvalue weighted by Crippen LogP contribution is -2.35. The molecule has 4 nitrogen and oxygen atoms in total. The van der Waals surface area contributed by atoms with Gasteiger partial charge in [-0.3, -0.25) is 9.48 Å². The van der Waals surface area contributed by atoms with E-state index in [1.807, 2.05) is 23.9 Å². The van der Waals surface area contributed by atoms with Gasteiger partial charge in [-0.05, 0) is 36.6 Å². The van der Waals surface area contributed by atoms with Crippen molar-refractivity contribution in [2.75, 3.05) is 13.1 Å². The van der Waals surface area contributed by atoms with E-state index in [1.54, 1.807) is 11.0 Å². The van der Waals surface area contributed by atoms with Crippen molar-refractivity contribution < 1.29 is 4.79 Å². The summed E-state index contributed by atoms with van der Waals surface area (Å²) < 4.78 is 1.88. The SMILES string of the molecule is Cn1nc(-c2cccc(Cl)c2Cl)cc1C1CCN(C(=O)Cl)CC1. The third-order valence-corrected chi connectivity index (χ3v) is 5.36. The van der Waals surface area contributed by atoms with Crippen LogP contribution in [-0.2, 0) is 7.05 Å². The Morgan fingerprint density at radius 3 is 2.61 bits per heavy atom. The number of halogens is 3. The van der Waals surface area contributed by atoms with Crippen LogP contribution in [0.4, 0.5) is 4.79 Å². The van der Waals surface area contributed by atoms with Crippen molar-refractivity contribution in [1.82, 2.24) is 14.7 Å². The number of likely N-dealkylation sites (tertiary alicyclic amines) is 1. The molecule has 0 N–H and O–H groups in total. The van der Waals surface area contributed by atoms with Crippen LogP contribution in [0.25, 0.3) is 11.3 Å². The highest BCUT2D eigenvalue weighted by Crippen LogP contribution is 2.35. The van der Waals surface area contributed by atoms with Gasteiger partial charge in [-0.15, -0.1) is 0 Å². The molecule has 1 aliphatic heterocycles. The molecular weight excluding hydrogens is 357 g/mol. The second-order valence-corrected chi connectivity index (χ2v) is 6.80. The standard InChI is InChI=1S/C16H16Cl3N3O/c1-21-14(10-5-7-22(8-6-10)16(19)23)9-13(20-21)11-3-2-4-12(17)15(11)18/h2-4,9-10H,5-8H2,1H3. The number of rotatable bonds is 2. The maximum Gasteiger partial charge on any atom is 0.316 e. The molecule has 0 unspecified atom stereocenters. The minimum atomic E-state index is -0.375. The molecule has 3 rings (SSSR count). The van der Waals surface area contributed by atoms with E-state index in [-0.39, 0.29) is 5.37 Å². The summed E-state index contributed by atoms with van der Waals surface area (Å²) in [7, 11) is 1.93. The van der Waals surface area contributed by atoms with Gasteiger partial charge in [0.25, 0.3) is 0 Å². The number of aryl methyl sites for hydroxylation is 1. The highest BCUT2D eigenvalue weighted by molar-refractivity contribution is 6.62. The molecule has 7 heteroatoms. The van der Waals surface area contributed by atoms with E-state index in [0.717, 1.165) is 29.8 Å². The summed E-state index contributed by atoms with van der Waals surface area (Å²) in [5.41, 5.74) is 2.78. The van der Waals surface area contributed by atoms with Crippen molar-refractivity contribution in [2.24, 2.45) is 7.05 Å². The normalized spacial score (nSPS) is 15.9. The predicted octanol–water partition coefficient (Wildman–Crippen LogP) is 4.93. The van der Waals surface area contributed by atoms with Gasteiger partial charge in [0, 0.05) is 37.3 Å². The van der Waals surface area contributed by atoms with Crippen molar-refractivity contribution in [2.45, 2.75) is 18.8 Å². The Balaban J connectivity index is 1.85. The third-order valence-electron chi connectivity index (χ3n) is 4.31. The first-order valence-corrected chi connectivity index (χ1v) is 8.53. The van der Waals surface area contributed by atoms with Crippen LogP contribution in [-0.4, -0.2) is 33.1 Å². The van der Waals surface area contributed by atoms with Crippen LogP contribution in [0.3, 0.4) is 0 Å². The Kier molecular flexibility index (Phi) is 4.85. The first-order chi connectivity index (χ1) is 11.0. The maximum absolute atomic E-state index is 11.2. The fourth-order valence-electron chi connectivity index (χ4n) is 3.05. The largest absolute Gasteiger partial charge is 0.329 e. The molecule has 1 aromatic carbocycles. The van der Waals surface area contributed by atoms with Gasteiger partial charge < -0.3 is 4.90 Å². The first-order valence-electron chi connectivity index (χ1n) is 7.40. The summed E-state index contributed by atoms with van der Waals surface area (Å²) in [4.78, 5) is 12.9. The molecule has 0 saturated carbocycles. The average molecular weight is 373 g/mol. The lowest BCUT2D eigenvalue weighted by molar-refractivity contribution is 0.203. The number of benzene rings is 1. The second kappa shape index (κ2) is 6.71. The fourth-order valence-corrected chi connectivity index (χ4v) is 3.61. The van der Waals surface area contributed by atoms with E-state index in [1.165, 1.54) is 0 Å². The second-order valence-electron chi connectivity index (χ2n) is 5.69. The first kappa shape index (κ1) is 16.6. The fraction of sp³-hybridized carbons (Fsp3) is 0.375. The van der Waals surface area contributed by atoms with Crippen LogP contribution in [0.15, 0.2) is 24.3 Å². The van der Waals surface area contributed by atoms with E-state index in [0.29, 0.717) is 29.1 Å². The summed E-state index contributed by atoms with van der Waals surface area (Å²) in [6.45, 7) is 1.34. The Labute approximate surface area is 149 Å². The number of amides is 1. The van der Waals surface area contributed by atoms with Gasteiger partial charge in [0.05, 0.1) is 15.7 Å². The van der Waals surface area contributed by atoms with Gasteiger partial charge in [0.2, 0.25) is 0 Å². The Morgan fingerprint density at radius 1 is 1.26 bits per heavy atom. The maximum atomic E-state index is 11.2. The molecule has 1 fully saturated rings. The smallest absolute Gasteiger partial charge is 0.316 e. The summed E-state index contributed by atoms with van der Waals surface area (Å²) in [5.74, 6) is 0.353. The molecule has 23 heavy (non-hydrogen) atoms. The van der Waals surface area contributed by atoms with Gasteiger partial charge >= 0.3 is 5.37 Å². The zero-order chi connectivity index (χ0) is 16.6. The molecule has 1 aromatic heterocycles. The lowest BCUT2D eigenvalue weighted by atomic mass is 9.93. The van der Waals surface area contributed by atoms with E-state index in [2.05, 4.69) is 11.2 Å². The van der Waals surface area contributed by atoms with Crippen LogP contribution in [0, 0.1) is 0 Å². The van der Waals surface area contributed by atoms with Crippen molar-refractivity contribution in [3.05, 3.63) is 40.0 Å². The molecule has 0 aliphatic carbocycles. The molecule has 1 saturated heterocycles. The van der Waals surface area contributed by atoms with E-state index in [4.69, 9.17) is 34.8 Å². The quantitative estimate of drug-likeness (QED) is 0.553. The monoisotopic (exact) mass is 371 g/mol. The van der Waals surface area contributed by atoms with Crippen molar-refractivity contribution in [1.29, 1.82) is 0 Å². The van der Waals surface area contributed by atoms with Crippen molar-refractivity contribution in [3.63, 3.8) is 0 Å².